The van der Waals surface area contributed by atoms with Crippen molar-refractivity contribution >= 4 is 22.2 Å². The van der Waals surface area contributed by atoms with Gasteiger partial charge in [-0.1, -0.05) is 32.0 Å². The van der Waals surface area contributed by atoms with Gasteiger partial charge in [0.05, 0.1) is 6.20 Å². The zero-order valence-electron chi connectivity index (χ0n) is 18.6. The number of benzene rings is 1. The molecule has 0 saturated heterocycles. The summed E-state index contributed by atoms with van der Waals surface area (Å²) >= 11 is 0. The average molecular weight is 441 g/mol. The molecule has 166 valence electrons. The molecule has 0 radical (unpaired) electrons. The molecule has 33 heavy (non-hydrogen) atoms. The summed E-state index contributed by atoms with van der Waals surface area (Å²) in [6.45, 7) is 4.28. The van der Waals surface area contributed by atoms with E-state index in [9.17, 15) is 4.39 Å². The van der Waals surface area contributed by atoms with Gasteiger partial charge in [-0.05, 0) is 55.0 Å². The molecule has 0 unspecified atom stereocenters. The van der Waals surface area contributed by atoms with Gasteiger partial charge in [0.1, 0.15) is 11.3 Å². The molecule has 5 aromatic rings. The fourth-order valence-electron chi connectivity index (χ4n) is 4.90. The van der Waals surface area contributed by atoms with Crippen LogP contribution in [0.2, 0.25) is 0 Å². The zero-order valence-corrected chi connectivity index (χ0v) is 18.6. The van der Waals surface area contributed by atoms with Gasteiger partial charge in [-0.25, -0.2) is 13.9 Å². The Labute approximate surface area is 190 Å². The minimum Gasteiger partial charge on any atom is -0.365 e. The highest BCUT2D eigenvalue weighted by atomic mass is 19.1. The number of hydrogen-bond acceptors (Lipinski definition) is 4. The molecular weight excluding hydrogens is 415 g/mol. The van der Waals surface area contributed by atoms with E-state index in [0.717, 1.165) is 36.3 Å². The second kappa shape index (κ2) is 7.69. The van der Waals surface area contributed by atoms with Crippen LogP contribution in [0.5, 0.6) is 0 Å². The number of anilines is 1. The van der Waals surface area contributed by atoms with Crippen molar-refractivity contribution in [3.63, 3.8) is 0 Å². The second-order valence-corrected chi connectivity index (χ2v) is 9.10. The Bertz CT molecular complexity index is 1480. The van der Waals surface area contributed by atoms with Crippen LogP contribution in [-0.2, 0) is 12.8 Å². The molecule has 0 amide bonds. The first kappa shape index (κ1) is 19.9. The van der Waals surface area contributed by atoms with E-state index in [1.165, 1.54) is 34.4 Å². The summed E-state index contributed by atoms with van der Waals surface area (Å²) < 4.78 is 15.8. The van der Waals surface area contributed by atoms with Gasteiger partial charge in [0, 0.05) is 40.1 Å². The largest absolute Gasteiger partial charge is 0.365 e. The van der Waals surface area contributed by atoms with Crippen molar-refractivity contribution in [1.29, 1.82) is 0 Å². The summed E-state index contributed by atoms with van der Waals surface area (Å²) in [5, 5.41) is 9.73. The van der Waals surface area contributed by atoms with E-state index < -0.39 is 5.82 Å². The minimum atomic E-state index is -0.401. The van der Waals surface area contributed by atoms with Crippen LogP contribution in [0.3, 0.4) is 0 Å². The molecule has 0 bridgehead atoms. The summed E-state index contributed by atoms with van der Waals surface area (Å²) in [5.74, 6) is 1.11. The number of aryl methyl sites for hydroxylation is 1. The van der Waals surface area contributed by atoms with E-state index >= 15 is 0 Å². The number of pyridine rings is 1. The van der Waals surface area contributed by atoms with E-state index in [4.69, 9.17) is 10.1 Å². The highest BCUT2D eigenvalue weighted by Crippen LogP contribution is 2.32. The molecule has 0 spiro atoms. The van der Waals surface area contributed by atoms with Crippen molar-refractivity contribution in [3.05, 3.63) is 77.6 Å². The van der Waals surface area contributed by atoms with Crippen molar-refractivity contribution in [2.24, 2.45) is 0 Å². The summed E-state index contributed by atoms with van der Waals surface area (Å²) in [7, 11) is 0. The molecular formula is C26H25FN6. The Kier molecular flexibility index (Phi) is 4.64. The summed E-state index contributed by atoms with van der Waals surface area (Å²) in [6, 6.07) is 14.3. The smallest absolute Gasteiger partial charge is 0.183 e. The second-order valence-electron chi connectivity index (χ2n) is 9.10. The summed E-state index contributed by atoms with van der Waals surface area (Å²) in [4.78, 5) is 12.4. The monoisotopic (exact) mass is 440 g/mol. The van der Waals surface area contributed by atoms with Crippen LogP contribution in [0.4, 0.5) is 10.2 Å². The van der Waals surface area contributed by atoms with Gasteiger partial charge in [-0.3, -0.25) is 4.98 Å². The lowest BCUT2D eigenvalue weighted by molar-refractivity contribution is 0.605. The van der Waals surface area contributed by atoms with E-state index in [1.54, 1.807) is 6.20 Å². The number of nitrogens with zero attached hydrogens (tertiary/aromatic N) is 4. The zero-order chi connectivity index (χ0) is 22.5. The van der Waals surface area contributed by atoms with Gasteiger partial charge < -0.3 is 10.3 Å². The Hall–Kier alpha value is -3.74. The minimum absolute atomic E-state index is 0.242. The number of para-hydroxylation sites is 1. The van der Waals surface area contributed by atoms with Crippen molar-refractivity contribution in [3.8, 4) is 11.4 Å². The van der Waals surface area contributed by atoms with Gasteiger partial charge in [0.15, 0.2) is 11.6 Å². The fraction of sp³-hybridized carbons (Fsp3) is 0.269. The molecule has 1 atom stereocenters. The quantitative estimate of drug-likeness (QED) is 0.387. The van der Waals surface area contributed by atoms with Crippen LogP contribution in [-0.4, -0.2) is 30.6 Å². The Balaban J connectivity index is 1.41. The maximum atomic E-state index is 13.9. The Morgan fingerprint density at radius 3 is 2.88 bits per heavy atom. The average Bonchev–Trinajstić information content (AvgIpc) is 3.41. The van der Waals surface area contributed by atoms with Crippen LogP contribution < -0.4 is 5.32 Å². The number of aromatic nitrogens is 5. The molecule has 0 saturated carbocycles. The third-order valence-electron chi connectivity index (χ3n) is 6.53. The molecule has 7 heteroatoms. The lowest BCUT2D eigenvalue weighted by Crippen LogP contribution is -2.28. The maximum absolute atomic E-state index is 13.9. The van der Waals surface area contributed by atoms with Gasteiger partial charge in [-0.2, -0.15) is 0 Å². The third kappa shape index (κ3) is 3.44. The molecule has 4 aromatic heterocycles. The fourth-order valence-corrected chi connectivity index (χ4v) is 4.90. The first-order valence-electron chi connectivity index (χ1n) is 11.4. The highest BCUT2D eigenvalue weighted by molar-refractivity contribution is 5.85. The predicted octanol–water partition coefficient (Wildman–Crippen LogP) is 5.50. The molecule has 1 aliphatic rings. The van der Waals surface area contributed by atoms with Crippen LogP contribution in [0.25, 0.3) is 27.8 Å². The molecule has 4 heterocycles. The summed E-state index contributed by atoms with van der Waals surface area (Å²) in [6.07, 6.45) is 5.71. The highest BCUT2D eigenvalue weighted by Gasteiger charge is 2.24. The Morgan fingerprint density at radius 1 is 1.15 bits per heavy atom. The van der Waals surface area contributed by atoms with Crippen LogP contribution in [0.1, 0.15) is 43.1 Å². The van der Waals surface area contributed by atoms with Gasteiger partial charge in [0.2, 0.25) is 0 Å². The molecule has 0 aliphatic heterocycles. The number of fused-ring (bicyclic) bond motifs is 4. The number of nitrogens with one attached hydrogen (secondary N) is 2. The van der Waals surface area contributed by atoms with E-state index in [2.05, 4.69) is 65.5 Å². The number of H-pyrrole nitrogens is 1. The van der Waals surface area contributed by atoms with Crippen molar-refractivity contribution in [2.45, 2.75) is 45.1 Å². The molecule has 0 fully saturated rings. The van der Waals surface area contributed by atoms with Crippen LogP contribution in [0.15, 0.2) is 54.9 Å². The Morgan fingerprint density at radius 2 is 2.03 bits per heavy atom. The van der Waals surface area contributed by atoms with Crippen molar-refractivity contribution in [2.75, 3.05) is 5.32 Å². The molecule has 6 nitrogen and oxygen atoms in total. The van der Waals surface area contributed by atoms with Gasteiger partial charge >= 0.3 is 0 Å². The van der Waals surface area contributed by atoms with E-state index in [-0.39, 0.29) is 12.0 Å². The lowest BCUT2D eigenvalue weighted by atomic mass is 9.91. The standard InChI is InChI=1S/C26H25FN6/c1-15(2)23-9-10-24-26(31-25(32-33(23)24)16-11-17(27)14-28-13-16)29-18-7-8-22-20(12-18)19-5-3-4-6-21(19)30-22/h3-6,9-11,13-15,18,30H,7-8,12H2,1-2H3,(H,29,31,32)/t18-/m1/s1. The molecule has 1 aromatic carbocycles. The number of halogens is 1. The lowest BCUT2D eigenvalue weighted by Gasteiger charge is -2.25. The topological polar surface area (TPSA) is 70.9 Å². The van der Waals surface area contributed by atoms with Gasteiger partial charge in [0.25, 0.3) is 0 Å². The predicted molar refractivity (Wildman–Crippen MR) is 128 cm³/mol. The van der Waals surface area contributed by atoms with Gasteiger partial charge in [-0.15, -0.1) is 5.10 Å². The van der Waals surface area contributed by atoms with E-state index in [0.29, 0.717) is 11.4 Å². The summed E-state index contributed by atoms with van der Waals surface area (Å²) in [5.41, 5.74) is 6.48. The number of aromatic amines is 1. The van der Waals surface area contributed by atoms with Crippen LogP contribution >= 0.6 is 0 Å². The van der Waals surface area contributed by atoms with Crippen molar-refractivity contribution < 1.29 is 4.39 Å². The molecule has 1 aliphatic carbocycles. The number of hydrogen-bond donors (Lipinski definition) is 2. The van der Waals surface area contributed by atoms with Crippen molar-refractivity contribution in [1.82, 2.24) is 24.6 Å². The maximum Gasteiger partial charge on any atom is 0.183 e. The normalized spacial score (nSPS) is 15.9. The third-order valence-corrected chi connectivity index (χ3v) is 6.53. The molecule has 2 N–H and O–H groups in total. The number of rotatable bonds is 4. The first-order chi connectivity index (χ1) is 16.1. The van der Waals surface area contributed by atoms with E-state index in [1.807, 2.05) is 4.52 Å². The molecule has 6 rings (SSSR count). The first-order valence-corrected chi connectivity index (χ1v) is 11.4. The SMILES string of the molecule is CC(C)c1ccc2c(N[C@@H]3CCc4[nH]c5ccccc5c4C3)nc(-c3cncc(F)c3)nn12. The van der Waals surface area contributed by atoms with Crippen LogP contribution in [0, 0.1) is 5.82 Å².